The molecule has 1 aromatic carbocycles. The second kappa shape index (κ2) is 10.6. The minimum Gasteiger partial charge on any atom is -0.491 e. The summed E-state index contributed by atoms with van der Waals surface area (Å²) < 4.78 is 11.2. The van der Waals surface area contributed by atoms with E-state index < -0.39 is 0 Å². The molecule has 2 amide bonds. The average Bonchev–Trinajstić information content (AvgIpc) is 2.90. The van der Waals surface area contributed by atoms with E-state index in [0.29, 0.717) is 30.5 Å². The number of fused-ring (bicyclic) bond motifs is 1. The van der Waals surface area contributed by atoms with E-state index in [1.165, 1.54) is 0 Å². The molecule has 0 bridgehead atoms. The van der Waals surface area contributed by atoms with Crippen LogP contribution in [0.25, 0.3) is 0 Å². The standard InChI is InChI=1S/C22H33N3O4/c1-3-17(4-2)19(24-10-13-28-14-11-24)15-23-21(26)16-25-18-7-5-6-8-20(18)29-12-9-22(25)27/h5-8,17,19H,3-4,9-16H2,1-2H3,(H,23,26)/t19-/m1/s1. The van der Waals surface area contributed by atoms with Crippen molar-refractivity contribution in [2.24, 2.45) is 5.92 Å². The SMILES string of the molecule is CCC(CC)[C@@H](CNC(=O)CN1C(=O)CCOc2ccccc21)N1CCOCC1. The molecule has 2 aliphatic rings. The summed E-state index contributed by atoms with van der Waals surface area (Å²) in [6.07, 6.45) is 2.42. The molecule has 0 saturated carbocycles. The maximum Gasteiger partial charge on any atom is 0.240 e. The summed E-state index contributed by atoms with van der Waals surface area (Å²) in [6, 6.07) is 7.67. The molecule has 0 aromatic heterocycles. The number of rotatable bonds is 8. The van der Waals surface area contributed by atoms with Gasteiger partial charge in [0.1, 0.15) is 12.3 Å². The molecule has 160 valence electrons. The van der Waals surface area contributed by atoms with Gasteiger partial charge in [-0.25, -0.2) is 0 Å². The molecule has 0 aliphatic carbocycles. The number of amides is 2. The largest absolute Gasteiger partial charge is 0.491 e. The van der Waals surface area contributed by atoms with Gasteiger partial charge in [-0.15, -0.1) is 0 Å². The first-order valence-corrected chi connectivity index (χ1v) is 10.7. The number of hydrogen-bond donors (Lipinski definition) is 1. The molecule has 2 aliphatic heterocycles. The Morgan fingerprint density at radius 1 is 1.14 bits per heavy atom. The molecule has 1 aromatic rings. The fourth-order valence-corrected chi connectivity index (χ4v) is 4.25. The zero-order chi connectivity index (χ0) is 20.6. The van der Waals surface area contributed by atoms with Gasteiger partial charge in [-0.05, 0) is 18.1 Å². The number of nitrogens with zero attached hydrogens (tertiary/aromatic N) is 2. The molecule has 1 fully saturated rings. The third kappa shape index (κ3) is 5.48. The van der Waals surface area contributed by atoms with Gasteiger partial charge in [-0.1, -0.05) is 38.8 Å². The van der Waals surface area contributed by atoms with Crippen molar-refractivity contribution in [3.05, 3.63) is 24.3 Å². The van der Waals surface area contributed by atoms with Crippen molar-refractivity contribution in [1.29, 1.82) is 0 Å². The summed E-state index contributed by atoms with van der Waals surface area (Å²) in [7, 11) is 0. The van der Waals surface area contributed by atoms with Crippen LogP contribution in [0.2, 0.25) is 0 Å². The fraction of sp³-hybridized carbons (Fsp3) is 0.636. The maximum atomic E-state index is 12.8. The lowest BCUT2D eigenvalue weighted by molar-refractivity contribution is -0.124. The van der Waals surface area contributed by atoms with E-state index >= 15 is 0 Å². The number of anilines is 1. The van der Waals surface area contributed by atoms with Gasteiger partial charge in [-0.2, -0.15) is 0 Å². The Hall–Kier alpha value is -2.12. The van der Waals surface area contributed by atoms with Gasteiger partial charge < -0.3 is 14.8 Å². The molecule has 7 nitrogen and oxygen atoms in total. The van der Waals surface area contributed by atoms with Crippen molar-refractivity contribution in [2.45, 2.75) is 39.2 Å². The van der Waals surface area contributed by atoms with E-state index in [1.807, 2.05) is 24.3 Å². The summed E-state index contributed by atoms with van der Waals surface area (Å²) in [6.45, 7) is 8.61. The first-order valence-electron chi connectivity index (χ1n) is 10.7. The lowest BCUT2D eigenvalue weighted by Crippen LogP contribution is -2.53. The first kappa shape index (κ1) is 21.6. The summed E-state index contributed by atoms with van der Waals surface area (Å²) in [5, 5.41) is 3.09. The molecule has 2 heterocycles. The van der Waals surface area contributed by atoms with E-state index in [-0.39, 0.29) is 30.8 Å². The van der Waals surface area contributed by atoms with Gasteiger partial charge in [0.25, 0.3) is 0 Å². The molecule has 29 heavy (non-hydrogen) atoms. The van der Waals surface area contributed by atoms with Crippen LogP contribution < -0.4 is 15.0 Å². The number of nitrogens with one attached hydrogen (secondary N) is 1. The average molecular weight is 404 g/mol. The molecule has 3 rings (SSSR count). The molecule has 7 heteroatoms. The van der Waals surface area contributed by atoms with Crippen LogP contribution in [0.4, 0.5) is 5.69 Å². The van der Waals surface area contributed by atoms with Crippen molar-refractivity contribution in [3.63, 3.8) is 0 Å². The molecule has 0 unspecified atom stereocenters. The number of hydrogen-bond acceptors (Lipinski definition) is 5. The fourth-order valence-electron chi connectivity index (χ4n) is 4.25. The zero-order valence-electron chi connectivity index (χ0n) is 17.6. The van der Waals surface area contributed by atoms with E-state index in [4.69, 9.17) is 9.47 Å². The smallest absolute Gasteiger partial charge is 0.240 e. The third-order valence-corrected chi connectivity index (χ3v) is 5.95. The van der Waals surface area contributed by atoms with Crippen molar-refractivity contribution in [3.8, 4) is 5.75 Å². The topological polar surface area (TPSA) is 71.1 Å². The highest BCUT2D eigenvalue weighted by Crippen LogP contribution is 2.30. The highest BCUT2D eigenvalue weighted by atomic mass is 16.5. The third-order valence-electron chi connectivity index (χ3n) is 5.95. The van der Waals surface area contributed by atoms with Crippen molar-refractivity contribution >= 4 is 17.5 Å². The van der Waals surface area contributed by atoms with E-state index in [0.717, 1.165) is 39.1 Å². The van der Waals surface area contributed by atoms with E-state index in [1.54, 1.807) is 4.90 Å². The second-order valence-corrected chi connectivity index (χ2v) is 7.64. The van der Waals surface area contributed by atoms with Crippen LogP contribution in [0.5, 0.6) is 5.75 Å². The molecule has 1 atom stereocenters. The number of para-hydroxylation sites is 2. The van der Waals surface area contributed by atoms with Crippen LogP contribution in [0.3, 0.4) is 0 Å². The Labute approximate surface area is 173 Å². The van der Waals surface area contributed by atoms with Gasteiger partial charge >= 0.3 is 0 Å². The van der Waals surface area contributed by atoms with E-state index in [2.05, 4.69) is 24.1 Å². The second-order valence-electron chi connectivity index (χ2n) is 7.64. The zero-order valence-corrected chi connectivity index (χ0v) is 17.6. The Bertz CT molecular complexity index is 686. The normalized spacial score (nSPS) is 18.7. The van der Waals surface area contributed by atoms with Gasteiger partial charge in [0, 0.05) is 25.7 Å². The first-order chi connectivity index (χ1) is 14.1. The quantitative estimate of drug-likeness (QED) is 0.719. The minimum atomic E-state index is -0.140. The van der Waals surface area contributed by atoms with Crippen molar-refractivity contribution in [2.75, 3.05) is 50.9 Å². The predicted molar refractivity (Wildman–Crippen MR) is 112 cm³/mol. The van der Waals surface area contributed by atoms with Crippen LogP contribution in [0.1, 0.15) is 33.1 Å². The van der Waals surface area contributed by atoms with Gasteiger partial charge in [0.2, 0.25) is 11.8 Å². The van der Waals surface area contributed by atoms with E-state index in [9.17, 15) is 9.59 Å². The molecule has 0 spiro atoms. The number of carbonyl (C=O) groups is 2. The maximum absolute atomic E-state index is 12.8. The monoisotopic (exact) mass is 403 g/mol. The molecule has 1 N–H and O–H groups in total. The number of benzene rings is 1. The Morgan fingerprint density at radius 3 is 2.59 bits per heavy atom. The highest BCUT2D eigenvalue weighted by molar-refractivity contribution is 6.00. The van der Waals surface area contributed by atoms with Crippen LogP contribution in [-0.2, 0) is 14.3 Å². The number of ether oxygens (including phenoxy) is 2. The van der Waals surface area contributed by atoms with Crippen LogP contribution >= 0.6 is 0 Å². The Kier molecular flexibility index (Phi) is 7.89. The Balaban J connectivity index is 1.64. The van der Waals surface area contributed by atoms with Crippen LogP contribution in [0.15, 0.2) is 24.3 Å². The van der Waals surface area contributed by atoms with Gasteiger partial charge in [0.15, 0.2) is 0 Å². The molecular formula is C22H33N3O4. The highest BCUT2D eigenvalue weighted by Gasteiger charge is 2.29. The van der Waals surface area contributed by atoms with Crippen molar-refractivity contribution < 1.29 is 19.1 Å². The Morgan fingerprint density at radius 2 is 1.86 bits per heavy atom. The van der Waals surface area contributed by atoms with Gasteiger partial charge in [-0.3, -0.25) is 19.4 Å². The van der Waals surface area contributed by atoms with Gasteiger partial charge in [0.05, 0.1) is 31.9 Å². The lowest BCUT2D eigenvalue weighted by Gasteiger charge is -2.39. The molecular weight excluding hydrogens is 370 g/mol. The summed E-state index contributed by atoms with van der Waals surface area (Å²) in [5.41, 5.74) is 0.662. The van der Waals surface area contributed by atoms with Crippen LogP contribution in [-0.4, -0.2) is 68.8 Å². The predicted octanol–water partition coefficient (Wildman–Crippen LogP) is 2.06. The number of morpholine rings is 1. The molecule has 1 saturated heterocycles. The lowest BCUT2D eigenvalue weighted by atomic mass is 9.92. The molecule has 0 radical (unpaired) electrons. The van der Waals surface area contributed by atoms with Crippen molar-refractivity contribution in [1.82, 2.24) is 10.2 Å². The summed E-state index contributed by atoms with van der Waals surface area (Å²) >= 11 is 0. The number of carbonyl (C=O) groups excluding carboxylic acids is 2. The van der Waals surface area contributed by atoms with Crippen LogP contribution in [0, 0.1) is 5.92 Å². The minimum absolute atomic E-state index is 0.0119. The summed E-state index contributed by atoms with van der Waals surface area (Å²) in [4.78, 5) is 29.3. The summed E-state index contributed by atoms with van der Waals surface area (Å²) in [5.74, 6) is 0.936.